The van der Waals surface area contributed by atoms with Gasteiger partial charge in [-0.05, 0) is 91.4 Å². The van der Waals surface area contributed by atoms with E-state index in [9.17, 15) is 4.79 Å². The zero-order chi connectivity index (χ0) is 27.1. The number of piperazine rings is 1. The van der Waals surface area contributed by atoms with Gasteiger partial charge in [-0.25, -0.2) is 4.68 Å². The van der Waals surface area contributed by atoms with Crippen molar-refractivity contribution in [2.24, 2.45) is 0 Å². The van der Waals surface area contributed by atoms with Crippen molar-refractivity contribution in [3.8, 4) is 0 Å². The van der Waals surface area contributed by atoms with Gasteiger partial charge < -0.3 is 14.6 Å². The lowest BCUT2D eigenvalue weighted by Crippen LogP contribution is -2.49. The number of hydrogen-bond acceptors (Lipinski definition) is 7. The van der Waals surface area contributed by atoms with Gasteiger partial charge in [0, 0.05) is 54.9 Å². The third kappa shape index (κ3) is 4.96. The lowest BCUT2D eigenvalue weighted by atomic mass is 9.99. The summed E-state index contributed by atoms with van der Waals surface area (Å²) in [5, 5.41) is 14.0. The number of anilines is 1. The Labute approximate surface area is 228 Å². The fourth-order valence-electron chi connectivity index (χ4n) is 6.21. The molecule has 9 heteroatoms. The number of tetrazole rings is 1. The van der Waals surface area contributed by atoms with Crippen LogP contribution in [0, 0.1) is 27.7 Å². The summed E-state index contributed by atoms with van der Waals surface area (Å²) >= 11 is 0. The molecular weight excluding hydrogens is 490 g/mol. The number of H-pyrrole nitrogens is 1. The Morgan fingerprint density at radius 2 is 1.87 bits per heavy atom. The number of benzene rings is 2. The molecule has 0 amide bonds. The first kappa shape index (κ1) is 25.7. The highest BCUT2D eigenvalue weighted by atomic mass is 16.5. The third-order valence-electron chi connectivity index (χ3n) is 8.44. The molecule has 4 heterocycles. The van der Waals surface area contributed by atoms with E-state index in [1.54, 1.807) is 0 Å². The van der Waals surface area contributed by atoms with Gasteiger partial charge >= 0.3 is 0 Å². The summed E-state index contributed by atoms with van der Waals surface area (Å²) in [5.41, 5.74) is 7.61. The number of aryl methyl sites for hydroxylation is 3. The molecule has 2 aromatic heterocycles. The van der Waals surface area contributed by atoms with E-state index in [0.29, 0.717) is 17.9 Å². The molecule has 2 fully saturated rings. The number of nitrogens with one attached hydrogen (secondary N) is 1. The van der Waals surface area contributed by atoms with Crippen LogP contribution >= 0.6 is 0 Å². The Hall–Kier alpha value is -3.56. The van der Waals surface area contributed by atoms with Crippen LogP contribution in [-0.4, -0.2) is 69.0 Å². The third-order valence-corrected chi connectivity index (χ3v) is 8.44. The Morgan fingerprint density at radius 1 is 1.05 bits per heavy atom. The Bertz CT molecular complexity index is 1540. The average molecular weight is 528 g/mol. The average Bonchev–Trinajstić information content (AvgIpc) is 3.60. The van der Waals surface area contributed by atoms with Gasteiger partial charge in [0.1, 0.15) is 6.04 Å². The molecule has 39 heavy (non-hydrogen) atoms. The van der Waals surface area contributed by atoms with Crippen LogP contribution < -0.4 is 10.5 Å². The van der Waals surface area contributed by atoms with Crippen LogP contribution in [0.15, 0.2) is 41.2 Å². The van der Waals surface area contributed by atoms with Crippen molar-refractivity contribution in [1.29, 1.82) is 0 Å². The maximum atomic E-state index is 13.7. The van der Waals surface area contributed by atoms with Gasteiger partial charge in [-0.3, -0.25) is 9.69 Å². The minimum absolute atomic E-state index is 0.0918. The highest BCUT2D eigenvalue weighted by Crippen LogP contribution is 2.31. The minimum atomic E-state index is -0.365. The predicted octanol–water partition coefficient (Wildman–Crippen LogP) is 3.84. The van der Waals surface area contributed by atoms with Crippen LogP contribution in [0.2, 0.25) is 0 Å². The molecule has 0 saturated carbocycles. The van der Waals surface area contributed by atoms with Crippen LogP contribution in [0.4, 0.5) is 5.69 Å². The quantitative estimate of drug-likeness (QED) is 0.407. The summed E-state index contributed by atoms with van der Waals surface area (Å²) in [6.45, 7) is 13.2. The molecule has 9 nitrogen and oxygen atoms in total. The highest BCUT2D eigenvalue weighted by Gasteiger charge is 2.34. The summed E-state index contributed by atoms with van der Waals surface area (Å²) in [4.78, 5) is 21.6. The number of nitrogens with zero attached hydrogens (tertiary/aromatic N) is 6. The summed E-state index contributed by atoms with van der Waals surface area (Å²) in [5.74, 6) is 0.695. The molecule has 0 spiro atoms. The number of ether oxygens (including phenoxy) is 1. The van der Waals surface area contributed by atoms with Gasteiger partial charge in [-0.15, -0.1) is 5.10 Å². The maximum absolute atomic E-state index is 13.7. The van der Waals surface area contributed by atoms with E-state index in [4.69, 9.17) is 4.74 Å². The van der Waals surface area contributed by atoms with Crippen molar-refractivity contribution >= 4 is 16.6 Å². The monoisotopic (exact) mass is 527 g/mol. The molecular formula is C30H37N7O2. The van der Waals surface area contributed by atoms with E-state index >= 15 is 0 Å². The van der Waals surface area contributed by atoms with Gasteiger partial charge in [0.05, 0.1) is 12.6 Å². The number of aromatic amines is 1. The van der Waals surface area contributed by atoms with Crippen LogP contribution in [0.5, 0.6) is 0 Å². The normalized spacial score (nSPS) is 19.2. The molecule has 0 bridgehead atoms. The summed E-state index contributed by atoms with van der Waals surface area (Å²) in [6.07, 6.45) is 2.14. The van der Waals surface area contributed by atoms with Crippen molar-refractivity contribution < 1.29 is 4.74 Å². The number of rotatable bonds is 6. The van der Waals surface area contributed by atoms with E-state index in [1.165, 1.54) is 16.8 Å². The van der Waals surface area contributed by atoms with Crippen molar-refractivity contribution in [1.82, 2.24) is 30.1 Å². The van der Waals surface area contributed by atoms with Crippen LogP contribution in [0.3, 0.4) is 0 Å². The Kier molecular flexibility index (Phi) is 6.95. The molecule has 2 aromatic carbocycles. The fraction of sp³-hybridized carbons (Fsp3) is 0.467. The topological polar surface area (TPSA) is 92.2 Å². The molecule has 1 N–H and O–H groups in total. The van der Waals surface area contributed by atoms with Gasteiger partial charge in [0.15, 0.2) is 5.82 Å². The Balaban J connectivity index is 1.38. The zero-order valence-corrected chi connectivity index (χ0v) is 23.3. The van der Waals surface area contributed by atoms with E-state index in [2.05, 4.69) is 88.3 Å². The minimum Gasteiger partial charge on any atom is -0.376 e. The molecule has 204 valence electrons. The smallest absolute Gasteiger partial charge is 0.253 e. The van der Waals surface area contributed by atoms with E-state index in [-0.39, 0.29) is 17.7 Å². The van der Waals surface area contributed by atoms with E-state index in [0.717, 1.165) is 67.7 Å². The van der Waals surface area contributed by atoms with Gasteiger partial charge in [0.25, 0.3) is 5.56 Å². The van der Waals surface area contributed by atoms with Crippen LogP contribution in [-0.2, 0) is 11.3 Å². The van der Waals surface area contributed by atoms with E-state index < -0.39 is 0 Å². The van der Waals surface area contributed by atoms with Crippen molar-refractivity contribution in [3.05, 3.63) is 80.4 Å². The zero-order valence-electron chi connectivity index (χ0n) is 23.3. The molecule has 2 atom stereocenters. The van der Waals surface area contributed by atoms with E-state index in [1.807, 2.05) is 10.7 Å². The lowest BCUT2D eigenvalue weighted by Gasteiger charge is -2.40. The standard InChI is InChI=1S/C30H37N7O2/c1-19-15-21(3)24-17-25(30(38)31-26(24)16-19)28(29-32-33-34-37(29)18-23-8-6-14-39-23)36-12-10-35(11-13-36)27-9-5-7-20(2)22(27)4/h5,7,9,15-17,23,28H,6,8,10-14,18H2,1-4H3,(H,31,38)/t23-,28-/m0/s1. The number of pyridine rings is 1. The molecule has 2 aliphatic rings. The summed E-state index contributed by atoms with van der Waals surface area (Å²) in [7, 11) is 0. The highest BCUT2D eigenvalue weighted by molar-refractivity contribution is 5.83. The number of fused-ring (bicyclic) bond motifs is 1. The largest absolute Gasteiger partial charge is 0.376 e. The van der Waals surface area contributed by atoms with Gasteiger partial charge in [0.2, 0.25) is 0 Å². The maximum Gasteiger partial charge on any atom is 0.253 e. The van der Waals surface area contributed by atoms with Crippen LogP contribution in [0.1, 0.15) is 52.5 Å². The van der Waals surface area contributed by atoms with Crippen molar-refractivity contribution in [2.45, 2.75) is 59.2 Å². The first-order valence-electron chi connectivity index (χ1n) is 14.0. The summed E-state index contributed by atoms with van der Waals surface area (Å²) in [6, 6.07) is 12.4. The van der Waals surface area contributed by atoms with Crippen molar-refractivity contribution in [2.75, 3.05) is 37.7 Å². The lowest BCUT2D eigenvalue weighted by molar-refractivity contribution is 0.0906. The predicted molar refractivity (Wildman–Crippen MR) is 152 cm³/mol. The van der Waals surface area contributed by atoms with Gasteiger partial charge in [-0.1, -0.05) is 18.2 Å². The Morgan fingerprint density at radius 3 is 2.64 bits per heavy atom. The number of hydrogen-bond donors (Lipinski definition) is 1. The first-order chi connectivity index (χ1) is 18.9. The molecule has 0 unspecified atom stereocenters. The number of aromatic nitrogens is 5. The van der Waals surface area contributed by atoms with Crippen molar-refractivity contribution in [3.63, 3.8) is 0 Å². The molecule has 2 saturated heterocycles. The second-order valence-electron chi connectivity index (χ2n) is 11.1. The molecule has 2 aliphatic heterocycles. The second-order valence-corrected chi connectivity index (χ2v) is 11.1. The summed E-state index contributed by atoms with van der Waals surface area (Å²) < 4.78 is 7.75. The second kappa shape index (κ2) is 10.5. The molecule has 0 aliphatic carbocycles. The first-order valence-corrected chi connectivity index (χ1v) is 14.0. The van der Waals surface area contributed by atoms with Crippen LogP contribution in [0.25, 0.3) is 10.9 Å². The molecule has 0 radical (unpaired) electrons. The molecule has 4 aromatic rings. The molecule has 6 rings (SSSR count). The fourth-order valence-corrected chi connectivity index (χ4v) is 6.21. The van der Waals surface area contributed by atoms with Gasteiger partial charge in [-0.2, -0.15) is 0 Å². The SMILES string of the molecule is Cc1cc(C)c2cc([C@@H](c3nnnn3C[C@@H]3CCCO3)N3CCN(c4cccc(C)c4C)CC3)c(=O)[nH]c2c1.